The third kappa shape index (κ3) is 2.48. The summed E-state index contributed by atoms with van der Waals surface area (Å²) in [6.45, 7) is 9.09. The van der Waals surface area contributed by atoms with E-state index in [1.165, 1.54) is 12.8 Å². The van der Waals surface area contributed by atoms with Crippen LogP contribution >= 0.6 is 0 Å². The van der Waals surface area contributed by atoms with Crippen molar-refractivity contribution in [2.75, 3.05) is 0 Å². The van der Waals surface area contributed by atoms with E-state index in [-0.39, 0.29) is 0 Å². The molecule has 0 heterocycles. The minimum absolute atomic E-state index is 0.373. The smallest absolute Gasteiger partial charge is 0.00413 e. The van der Waals surface area contributed by atoms with Gasteiger partial charge in [0, 0.05) is 6.04 Å². The van der Waals surface area contributed by atoms with E-state index >= 15 is 0 Å². The lowest BCUT2D eigenvalue weighted by Gasteiger charge is -2.24. The van der Waals surface area contributed by atoms with Crippen molar-refractivity contribution in [1.82, 2.24) is 0 Å². The predicted octanol–water partition coefficient (Wildman–Crippen LogP) is 2.65. The third-order valence-corrected chi connectivity index (χ3v) is 3.38. The van der Waals surface area contributed by atoms with E-state index in [4.69, 9.17) is 5.73 Å². The number of nitrogens with two attached hydrogens (primary N) is 1. The highest BCUT2D eigenvalue weighted by Gasteiger charge is 2.35. The van der Waals surface area contributed by atoms with Crippen LogP contribution in [0.4, 0.5) is 0 Å². The van der Waals surface area contributed by atoms with Gasteiger partial charge < -0.3 is 5.73 Å². The van der Waals surface area contributed by atoms with E-state index in [9.17, 15) is 0 Å². The Morgan fingerprint density at radius 2 is 1.83 bits per heavy atom. The van der Waals surface area contributed by atoms with Crippen molar-refractivity contribution >= 4 is 0 Å². The van der Waals surface area contributed by atoms with Gasteiger partial charge in [0.25, 0.3) is 0 Å². The maximum Gasteiger partial charge on any atom is 0.00413 e. The molecule has 0 spiro atoms. The molecule has 0 aliphatic heterocycles. The van der Waals surface area contributed by atoms with Crippen molar-refractivity contribution in [3.8, 4) is 0 Å². The second-order valence-corrected chi connectivity index (χ2v) is 4.98. The SMILES string of the molecule is CC(C)[C@H](C[C@@H]1C[C@@H]1C)[C@H](C)N. The Hall–Kier alpha value is -0.0400. The number of hydrogen-bond acceptors (Lipinski definition) is 1. The maximum atomic E-state index is 5.96. The lowest BCUT2D eigenvalue weighted by molar-refractivity contribution is 0.293. The minimum Gasteiger partial charge on any atom is -0.328 e. The first-order chi connectivity index (χ1) is 5.52. The van der Waals surface area contributed by atoms with Crippen LogP contribution in [0.15, 0.2) is 0 Å². The molecule has 0 radical (unpaired) electrons. The fourth-order valence-corrected chi connectivity index (χ4v) is 2.17. The molecule has 1 aliphatic carbocycles. The van der Waals surface area contributed by atoms with E-state index in [0.717, 1.165) is 23.7 Å². The summed E-state index contributed by atoms with van der Waals surface area (Å²) < 4.78 is 0. The molecule has 0 bridgehead atoms. The standard InChI is InChI=1S/C11H23N/c1-7(2)11(9(4)12)6-10-5-8(10)3/h7-11H,5-6,12H2,1-4H3/t8-,9-,10-,11-/m0/s1. The van der Waals surface area contributed by atoms with E-state index in [2.05, 4.69) is 27.7 Å². The lowest BCUT2D eigenvalue weighted by atomic mass is 9.85. The van der Waals surface area contributed by atoms with Crippen LogP contribution in [-0.2, 0) is 0 Å². The molecule has 2 N–H and O–H groups in total. The van der Waals surface area contributed by atoms with Crippen molar-refractivity contribution in [3.63, 3.8) is 0 Å². The molecule has 0 aromatic carbocycles. The monoisotopic (exact) mass is 169 g/mol. The first-order valence-corrected chi connectivity index (χ1v) is 5.28. The minimum atomic E-state index is 0.373. The van der Waals surface area contributed by atoms with Crippen molar-refractivity contribution in [3.05, 3.63) is 0 Å². The zero-order valence-corrected chi connectivity index (χ0v) is 8.88. The first kappa shape index (κ1) is 10.0. The summed E-state index contributed by atoms with van der Waals surface area (Å²) in [5.41, 5.74) is 5.96. The molecule has 1 rings (SSSR count). The average Bonchev–Trinajstić information content (AvgIpc) is 2.60. The Labute approximate surface area is 76.7 Å². The largest absolute Gasteiger partial charge is 0.328 e. The van der Waals surface area contributed by atoms with Crippen LogP contribution in [-0.4, -0.2) is 6.04 Å². The Morgan fingerprint density at radius 1 is 1.33 bits per heavy atom. The van der Waals surface area contributed by atoms with Gasteiger partial charge in [-0.2, -0.15) is 0 Å². The molecule has 1 fully saturated rings. The molecular formula is C11H23N. The van der Waals surface area contributed by atoms with E-state index in [1.54, 1.807) is 0 Å². The van der Waals surface area contributed by atoms with Gasteiger partial charge in [0.2, 0.25) is 0 Å². The third-order valence-electron chi connectivity index (χ3n) is 3.38. The lowest BCUT2D eigenvalue weighted by Crippen LogP contribution is -2.30. The molecule has 12 heavy (non-hydrogen) atoms. The highest BCUT2D eigenvalue weighted by molar-refractivity contribution is 4.87. The second-order valence-electron chi connectivity index (χ2n) is 4.98. The van der Waals surface area contributed by atoms with Crippen molar-refractivity contribution in [2.45, 2.75) is 46.6 Å². The van der Waals surface area contributed by atoms with Gasteiger partial charge in [0.1, 0.15) is 0 Å². The van der Waals surface area contributed by atoms with Crippen LogP contribution in [0.3, 0.4) is 0 Å². The van der Waals surface area contributed by atoms with Gasteiger partial charge in [0.15, 0.2) is 0 Å². The van der Waals surface area contributed by atoms with Gasteiger partial charge in [-0.25, -0.2) is 0 Å². The summed E-state index contributed by atoms with van der Waals surface area (Å²) in [6, 6.07) is 0.373. The van der Waals surface area contributed by atoms with Crippen molar-refractivity contribution < 1.29 is 0 Å². The van der Waals surface area contributed by atoms with Crippen LogP contribution in [0, 0.1) is 23.7 Å². The Kier molecular flexibility index (Phi) is 3.16. The van der Waals surface area contributed by atoms with Crippen LogP contribution in [0.1, 0.15) is 40.5 Å². The fourth-order valence-electron chi connectivity index (χ4n) is 2.17. The van der Waals surface area contributed by atoms with Crippen molar-refractivity contribution in [2.24, 2.45) is 29.4 Å². The molecule has 4 atom stereocenters. The summed E-state index contributed by atoms with van der Waals surface area (Å²) in [7, 11) is 0. The molecule has 1 nitrogen and oxygen atoms in total. The summed E-state index contributed by atoms with van der Waals surface area (Å²) >= 11 is 0. The second kappa shape index (κ2) is 3.78. The topological polar surface area (TPSA) is 26.0 Å². The van der Waals surface area contributed by atoms with Gasteiger partial charge in [-0.1, -0.05) is 20.8 Å². The Morgan fingerprint density at radius 3 is 2.08 bits per heavy atom. The highest BCUT2D eigenvalue weighted by atomic mass is 14.6. The van der Waals surface area contributed by atoms with Gasteiger partial charge >= 0.3 is 0 Å². The zero-order chi connectivity index (χ0) is 9.30. The predicted molar refractivity (Wildman–Crippen MR) is 53.9 cm³/mol. The van der Waals surface area contributed by atoms with Gasteiger partial charge in [0.05, 0.1) is 0 Å². The zero-order valence-electron chi connectivity index (χ0n) is 8.88. The Bertz CT molecular complexity index is 132. The molecule has 1 aliphatic rings. The molecule has 1 saturated carbocycles. The first-order valence-electron chi connectivity index (χ1n) is 5.28. The van der Waals surface area contributed by atoms with E-state index in [0.29, 0.717) is 6.04 Å². The maximum absolute atomic E-state index is 5.96. The number of rotatable bonds is 4. The summed E-state index contributed by atoms with van der Waals surface area (Å²) in [6.07, 6.45) is 2.80. The van der Waals surface area contributed by atoms with Gasteiger partial charge in [-0.05, 0) is 43.4 Å². The molecule has 72 valence electrons. The van der Waals surface area contributed by atoms with Crippen molar-refractivity contribution in [1.29, 1.82) is 0 Å². The average molecular weight is 169 g/mol. The molecule has 0 aromatic rings. The molecule has 1 heteroatoms. The van der Waals surface area contributed by atoms with Crippen LogP contribution in [0.25, 0.3) is 0 Å². The highest BCUT2D eigenvalue weighted by Crippen LogP contribution is 2.44. The molecule has 0 unspecified atom stereocenters. The summed E-state index contributed by atoms with van der Waals surface area (Å²) in [5, 5.41) is 0. The number of hydrogen-bond donors (Lipinski definition) is 1. The van der Waals surface area contributed by atoms with E-state index in [1.807, 2.05) is 0 Å². The summed E-state index contributed by atoms with van der Waals surface area (Å²) in [5.74, 6) is 3.45. The molecule has 0 aromatic heterocycles. The van der Waals surface area contributed by atoms with Gasteiger partial charge in [-0.15, -0.1) is 0 Å². The Balaban J connectivity index is 2.33. The normalized spacial score (nSPS) is 33.5. The van der Waals surface area contributed by atoms with Gasteiger partial charge in [-0.3, -0.25) is 0 Å². The van der Waals surface area contributed by atoms with Crippen LogP contribution < -0.4 is 5.73 Å². The van der Waals surface area contributed by atoms with Crippen LogP contribution in [0.5, 0.6) is 0 Å². The van der Waals surface area contributed by atoms with E-state index < -0.39 is 0 Å². The van der Waals surface area contributed by atoms with Crippen LogP contribution in [0.2, 0.25) is 0 Å². The molecule has 0 saturated heterocycles. The quantitative estimate of drug-likeness (QED) is 0.688. The fraction of sp³-hybridized carbons (Fsp3) is 1.00. The summed E-state index contributed by atoms with van der Waals surface area (Å²) in [4.78, 5) is 0. The molecule has 0 amide bonds. The molecular weight excluding hydrogens is 146 g/mol.